The fourth-order valence-electron chi connectivity index (χ4n) is 3.19. The van der Waals surface area contributed by atoms with Crippen molar-refractivity contribution in [1.29, 1.82) is 0 Å². The lowest BCUT2D eigenvalue weighted by atomic mass is 10.2. The fraction of sp³-hybridized carbons (Fsp3) is 0.556. The quantitative estimate of drug-likeness (QED) is 0.838. The second-order valence-electron chi connectivity index (χ2n) is 6.63. The monoisotopic (exact) mass is 330 g/mol. The zero-order valence-corrected chi connectivity index (χ0v) is 14.2. The van der Waals surface area contributed by atoms with Gasteiger partial charge in [-0.15, -0.1) is 11.3 Å². The zero-order chi connectivity index (χ0) is 15.8. The summed E-state index contributed by atoms with van der Waals surface area (Å²) in [5, 5.41) is 1.06. The van der Waals surface area contributed by atoms with Crippen LogP contribution in [0.2, 0.25) is 0 Å². The Balaban J connectivity index is 1.49. The standard InChI is InChI=1S/C18H22N2O2S/c1-12(22-11-13-8-9-13)18(21)20-10-4-6-15(20)17-19-14-5-2-3-7-16(14)23-17/h2-3,5,7,12-13,15H,4,6,8-11H2,1H3/t12-,15+/m0/s1. The normalized spacial score (nSPS) is 22.7. The molecule has 1 aliphatic heterocycles. The smallest absolute Gasteiger partial charge is 0.252 e. The van der Waals surface area contributed by atoms with Crippen LogP contribution < -0.4 is 0 Å². The lowest BCUT2D eigenvalue weighted by molar-refractivity contribution is -0.143. The number of ether oxygens (including phenoxy) is 1. The molecule has 1 aromatic carbocycles. The van der Waals surface area contributed by atoms with Crippen molar-refractivity contribution >= 4 is 27.5 Å². The molecule has 1 aromatic heterocycles. The Kier molecular flexibility index (Phi) is 4.07. The largest absolute Gasteiger partial charge is 0.368 e. The number of benzene rings is 1. The maximum absolute atomic E-state index is 12.8. The first-order chi connectivity index (χ1) is 11.2. The molecule has 1 saturated heterocycles. The molecule has 0 spiro atoms. The molecular formula is C18H22N2O2S. The van der Waals surface area contributed by atoms with Crippen molar-refractivity contribution in [2.45, 2.75) is 44.8 Å². The highest BCUT2D eigenvalue weighted by atomic mass is 32.1. The van der Waals surface area contributed by atoms with Crippen LogP contribution >= 0.6 is 11.3 Å². The Labute approximate surface area is 140 Å². The van der Waals surface area contributed by atoms with Crippen molar-refractivity contribution in [2.24, 2.45) is 5.92 Å². The molecule has 0 radical (unpaired) electrons. The molecule has 2 aromatic rings. The Morgan fingerprint density at radius 1 is 1.39 bits per heavy atom. The van der Waals surface area contributed by atoms with E-state index in [4.69, 9.17) is 9.72 Å². The van der Waals surface area contributed by atoms with Gasteiger partial charge in [0.1, 0.15) is 11.1 Å². The summed E-state index contributed by atoms with van der Waals surface area (Å²) in [6, 6.07) is 8.30. The first-order valence-corrected chi connectivity index (χ1v) is 9.31. The molecule has 2 heterocycles. The predicted octanol–water partition coefficient (Wildman–Crippen LogP) is 3.77. The third kappa shape index (κ3) is 3.12. The van der Waals surface area contributed by atoms with E-state index in [1.54, 1.807) is 11.3 Å². The lowest BCUT2D eigenvalue weighted by Crippen LogP contribution is -2.38. The maximum atomic E-state index is 12.8. The van der Waals surface area contributed by atoms with Gasteiger partial charge in [0.15, 0.2) is 0 Å². The molecule has 4 nitrogen and oxygen atoms in total. The molecule has 0 N–H and O–H groups in total. The number of carbonyl (C=O) groups is 1. The van der Waals surface area contributed by atoms with Crippen LogP contribution in [-0.4, -0.2) is 35.0 Å². The van der Waals surface area contributed by atoms with Gasteiger partial charge in [-0.1, -0.05) is 12.1 Å². The molecule has 23 heavy (non-hydrogen) atoms. The minimum atomic E-state index is -0.342. The first-order valence-electron chi connectivity index (χ1n) is 8.50. The molecule has 1 amide bonds. The first kappa shape index (κ1) is 15.1. The Hall–Kier alpha value is -1.46. The summed E-state index contributed by atoms with van der Waals surface area (Å²) in [6.07, 6.45) is 4.20. The maximum Gasteiger partial charge on any atom is 0.252 e. The van der Waals surface area contributed by atoms with Crippen molar-refractivity contribution in [3.05, 3.63) is 29.3 Å². The van der Waals surface area contributed by atoms with Crippen molar-refractivity contribution in [2.75, 3.05) is 13.2 Å². The van der Waals surface area contributed by atoms with Crippen LogP contribution in [0.4, 0.5) is 0 Å². The van der Waals surface area contributed by atoms with E-state index in [1.165, 1.54) is 17.5 Å². The van der Waals surface area contributed by atoms with Gasteiger partial charge in [0.25, 0.3) is 5.91 Å². The van der Waals surface area contributed by atoms with E-state index in [1.807, 2.05) is 30.0 Å². The van der Waals surface area contributed by atoms with Gasteiger partial charge in [-0.3, -0.25) is 4.79 Å². The molecule has 1 aliphatic carbocycles. The zero-order valence-electron chi connectivity index (χ0n) is 13.4. The summed E-state index contributed by atoms with van der Waals surface area (Å²) in [5.41, 5.74) is 1.03. The lowest BCUT2D eigenvalue weighted by Gasteiger charge is -2.26. The van der Waals surface area contributed by atoms with E-state index in [0.717, 1.165) is 36.5 Å². The number of fused-ring (bicyclic) bond motifs is 1. The van der Waals surface area contributed by atoms with Gasteiger partial charge in [0, 0.05) is 6.54 Å². The number of hydrogen-bond acceptors (Lipinski definition) is 4. The number of aromatic nitrogens is 1. The van der Waals surface area contributed by atoms with Crippen molar-refractivity contribution in [1.82, 2.24) is 9.88 Å². The molecule has 2 aliphatic rings. The van der Waals surface area contributed by atoms with Gasteiger partial charge in [0.2, 0.25) is 0 Å². The van der Waals surface area contributed by atoms with E-state index in [9.17, 15) is 4.79 Å². The van der Waals surface area contributed by atoms with Gasteiger partial charge >= 0.3 is 0 Å². The van der Waals surface area contributed by atoms with Gasteiger partial charge in [-0.25, -0.2) is 4.98 Å². The average molecular weight is 330 g/mol. The van der Waals surface area contributed by atoms with E-state index in [-0.39, 0.29) is 18.1 Å². The molecule has 2 atom stereocenters. The number of carbonyl (C=O) groups excluding carboxylic acids is 1. The van der Waals surface area contributed by atoms with Gasteiger partial charge < -0.3 is 9.64 Å². The van der Waals surface area contributed by atoms with Crippen LogP contribution in [0.1, 0.15) is 43.7 Å². The van der Waals surface area contributed by atoms with Crippen LogP contribution in [-0.2, 0) is 9.53 Å². The topological polar surface area (TPSA) is 42.4 Å². The highest BCUT2D eigenvalue weighted by molar-refractivity contribution is 7.18. The summed E-state index contributed by atoms with van der Waals surface area (Å²) in [6.45, 7) is 3.43. The summed E-state index contributed by atoms with van der Waals surface area (Å²) in [7, 11) is 0. The van der Waals surface area contributed by atoms with E-state index in [2.05, 4.69) is 6.07 Å². The van der Waals surface area contributed by atoms with Crippen LogP contribution in [0.5, 0.6) is 0 Å². The molecule has 1 saturated carbocycles. The Morgan fingerprint density at radius 2 is 2.22 bits per heavy atom. The Bertz CT molecular complexity index is 677. The number of rotatable bonds is 5. The summed E-state index contributed by atoms with van der Waals surface area (Å²) in [4.78, 5) is 19.5. The average Bonchev–Trinajstić information content (AvgIpc) is 3.10. The predicted molar refractivity (Wildman–Crippen MR) is 91.4 cm³/mol. The fourth-order valence-corrected chi connectivity index (χ4v) is 4.30. The highest BCUT2D eigenvalue weighted by Crippen LogP contribution is 2.37. The van der Waals surface area contributed by atoms with Crippen LogP contribution in [0.15, 0.2) is 24.3 Å². The molecule has 5 heteroatoms. The van der Waals surface area contributed by atoms with Gasteiger partial charge in [0.05, 0.1) is 22.9 Å². The summed E-state index contributed by atoms with van der Waals surface area (Å²) in [5.74, 6) is 0.802. The number of amides is 1. The second-order valence-corrected chi connectivity index (χ2v) is 7.69. The second kappa shape index (κ2) is 6.21. The minimum absolute atomic E-state index is 0.117. The molecule has 2 fully saturated rings. The molecule has 122 valence electrons. The third-order valence-electron chi connectivity index (χ3n) is 4.76. The van der Waals surface area contributed by atoms with Crippen LogP contribution in [0.3, 0.4) is 0 Å². The highest BCUT2D eigenvalue weighted by Gasteiger charge is 2.35. The molecule has 0 bridgehead atoms. The van der Waals surface area contributed by atoms with Crippen LogP contribution in [0, 0.1) is 5.92 Å². The van der Waals surface area contributed by atoms with E-state index in [0.29, 0.717) is 5.92 Å². The Morgan fingerprint density at radius 3 is 3.00 bits per heavy atom. The number of para-hydroxylation sites is 1. The third-order valence-corrected chi connectivity index (χ3v) is 5.90. The van der Waals surface area contributed by atoms with Crippen molar-refractivity contribution < 1.29 is 9.53 Å². The number of nitrogens with zero attached hydrogens (tertiary/aromatic N) is 2. The van der Waals surface area contributed by atoms with Crippen molar-refractivity contribution in [3.8, 4) is 0 Å². The van der Waals surface area contributed by atoms with Gasteiger partial charge in [-0.05, 0) is 50.7 Å². The van der Waals surface area contributed by atoms with E-state index < -0.39 is 0 Å². The van der Waals surface area contributed by atoms with E-state index >= 15 is 0 Å². The molecule has 4 rings (SSSR count). The van der Waals surface area contributed by atoms with Crippen LogP contribution in [0.25, 0.3) is 10.2 Å². The SMILES string of the molecule is C[C@H](OCC1CC1)C(=O)N1CCC[C@@H]1c1nc2ccccc2s1. The number of likely N-dealkylation sites (tertiary alicyclic amines) is 1. The number of thiazole rings is 1. The molecular weight excluding hydrogens is 308 g/mol. The number of hydrogen-bond donors (Lipinski definition) is 0. The molecule has 0 unspecified atom stereocenters. The minimum Gasteiger partial charge on any atom is -0.368 e. The van der Waals surface area contributed by atoms with Gasteiger partial charge in [-0.2, -0.15) is 0 Å². The summed E-state index contributed by atoms with van der Waals surface area (Å²) >= 11 is 1.71. The summed E-state index contributed by atoms with van der Waals surface area (Å²) < 4.78 is 6.97. The van der Waals surface area contributed by atoms with Crippen molar-refractivity contribution in [3.63, 3.8) is 0 Å².